The van der Waals surface area contributed by atoms with E-state index in [0.717, 1.165) is 28.9 Å². The number of alkyl halides is 2. The smallest absolute Gasteiger partial charge is 0.0336 e. The highest BCUT2D eigenvalue weighted by atomic mass is 35.5. The normalized spacial score (nSPS) is 31.9. The second-order valence-corrected chi connectivity index (χ2v) is 17.1. The standard InChI is InChI=1S/C32H59Cl2N3S.CH4.6H2O/c1-23(2)31(21-37-17-16-30(32(3,4)22-37)26-8-10-27(33)11-9-26)35-19-24-6-5-7-25(18-24)20-36-38-29-14-12-28(34)13-15-29;;;;;;;/h23-31,35-36H,5-22H2,1-4H3;1H4;6*1H2/t24?,25?,26?,27?,28?,29?,30-,31+;;;;;;;/m1......./s1. The molecule has 1 heterocycles. The van der Waals surface area contributed by atoms with Gasteiger partial charge in [-0.3, -0.25) is 4.72 Å². The first-order chi connectivity index (χ1) is 18.2. The van der Waals surface area contributed by atoms with Crippen molar-refractivity contribution < 1.29 is 32.9 Å². The molecule has 0 aromatic carbocycles. The first kappa shape index (κ1) is 52.4. The minimum Gasteiger partial charge on any atom is -0.412 e. The van der Waals surface area contributed by atoms with E-state index in [1.165, 1.54) is 116 Å². The zero-order valence-corrected chi connectivity index (χ0v) is 30.4. The molecule has 278 valence electrons. The SMILES string of the molecule is C.CC(C)[C@H](CN1CC[C@H](C2CCC(Cl)CC2)C(C)(C)C1)NCC1CCCC(CNSC2CCC(Cl)CC2)C1.O.O.O.O.O.O. The highest BCUT2D eigenvalue weighted by Crippen LogP contribution is 2.45. The summed E-state index contributed by atoms with van der Waals surface area (Å²) in [6.45, 7) is 16.1. The summed E-state index contributed by atoms with van der Waals surface area (Å²) in [5, 5.41) is 5.71. The van der Waals surface area contributed by atoms with Crippen molar-refractivity contribution in [2.45, 2.75) is 141 Å². The van der Waals surface area contributed by atoms with Crippen molar-refractivity contribution in [2.75, 3.05) is 32.7 Å². The fourth-order valence-electron chi connectivity index (χ4n) is 8.30. The van der Waals surface area contributed by atoms with Gasteiger partial charge in [0, 0.05) is 41.7 Å². The predicted octanol–water partition coefficient (Wildman–Crippen LogP) is 4.03. The van der Waals surface area contributed by atoms with Crippen LogP contribution in [0.1, 0.15) is 119 Å². The Bertz CT molecular complexity index is 701. The van der Waals surface area contributed by atoms with Crippen LogP contribution in [0.3, 0.4) is 0 Å². The van der Waals surface area contributed by atoms with Crippen LogP contribution in [0.25, 0.3) is 0 Å². The van der Waals surface area contributed by atoms with Crippen molar-refractivity contribution in [2.24, 2.45) is 35.0 Å². The summed E-state index contributed by atoms with van der Waals surface area (Å²) in [6.07, 6.45) is 17.1. The molecule has 1 aliphatic heterocycles. The van der Waals surface area contributed by atoms with E-state index < -0.39 is 0 Å². The van der Waals surface area contributed by atoms with E-state index in [1.54, 1.807) is 0 Å². The van der Waals surface area contributed by atoms with Gasteiger partial charge < -0.3 is 43.1 Å². The number of nitrogens with zero attached hydrogens (tertiary/aromatic N) is 1. The minimum absolute atomic E-state index is 0. The molecular weight excluding hydrogens is 637 g/mol. The zero-order valence-electron chi connectivity index (χ0n) is 28.0. The van der Waals surface area contributed by atoms with Crippen LogP contribution in [0.4, 0.5) is 0 Å². The maximum Gasteiger partial charge on any atom is 0.0336 e. The van der Waals surface area contributed by atoms with E-state index in [1.807, 2.05) is 11.9 Å². The summed E-state index contributed by atoms with van der Waals surface area (Å²) in [7, 11) is 0. The second-order valence-electron chi connectivity index (χ2n) is 14.6. The quantitative estimate of drug-likeness (QED) is 0.240. The molecular formula is C33H75Cl2N3O6S. The number of hydrogen-bond acceptors (Lipinski definition) is 4. The van der Waals surface area contributed by atoms with E-state index in [9.17, 15) is 0 Å². The Balaban J connectivity index is -0.00000120. The van der Waals surface area contributed by atoms with Gasteiger partial charge in [-0.25, -0.2) is 0 Å². The highest BCUT2D eigenvalue weighted by Gasteiger charge is 2.41. The lowest BCUT2D eigenvalue weighted by molar-refractivity contribution is 0.00453. The lowest BCUT2D eigenvalue weighted by atomic mass is 9.64. The number of rotatable bonds is 11. The van der Waals surface area contributed by atoms with Gasteiger partial charge in [-0.05, 0) is 125 Å². The molecule has 14 N–H and O–H groups in total. The molecule has 4 aliphatic rings. The Morgan fingerprint density at radius 2 is 1.29 bits per heavy atom. The van der Waals surface area contributed by atoms with E-state index in [0.29, 0.717) is 28.1 Å². The maximum atomic E-state index is 6.43. The molecule has 3 saturated carbocycles. The molecule has 0 aromatic rings. The van der Waals surface area contributed by atoms with Gasteiger partial charge in [0.2, 0.25) is 0 Å². The Morgan fingerprint density at radius 1 is 0.756 bits per heavy atom. The van der Waals surface area contributed by atoms with Gasteiger partial charge in [-0.1, -0.05) is 53.5 Å². The minimum atomic E-state index is 0. The van der Waals surface area contributed by atoms with Crippen molar-refractivity contribution in [3.05, 3.63) is 0 Å². The predicted molar refractivity (Wildman–Crippen MR) is 198 cm³/mol. The Labute approximate surface area is 290 Å². The van der Waals surface area contributed by atoms with E-state index in [2.05, 4.69) is 42.6 Å². The summed E-state index contributed by atoms with van der Waals surface area (Å²) in [5.74, 6) is 4.13. The van der Waals surface area contributed by atoms with Gasteiger partial charge in [0.25, 0.3) is 0 Å². The molecule has 9 nitrogen and oxygen atoms in total. The summed E-state index contributed by atoms with van der Waals surface area (Å²) in [5.41, 5.74) is 0.411. The number of nitrogens with one attached hydrogen (secondary N) is 2. The van der Waals surface area contributed by atoms with Gasteiger partial charge >= 0.3 is 0 Å². The summed E-state index contributed by atoms with van der Waals surface area (Å²) < 4.78 is 3.77. The van der Waals surface area contributed by atoms with Crippen LogP contribution in [0, 0.1) is 35.0 Å². The zero-order chi connectivity index (χ0) is 27.1. The van der Waals surface area contributed by atoms with Gasteiger partial charge in [-0.2, -0.15) is 0 Å². The largest absolute Gasteiger partial charge is 0.412 e. The molecule has 0 radical (unpaired) electrons. The van der Waals surface area contributed by atoms with E-state index >= 15 is 0 Å². The second kappa shape index (κ2) is 25.5. The maximum absolute atomic E-state index is 6.43. The third-order valence-corrected chi connectivity index (χ3v) is 12.7. The molecule has 0 bridgehead atoms. The molecule has 4 fully saturated rings. The first-order valence-corrected chi connectivity index (χ1v) is 18.1. The van der Waals surface area contributed by atoms with Crippen LogP contribution < -0.4 is 10.0 Å². The van der Waals surface area contributed by atoms with Gasteiger partial charge in [0.15, 0.2) is 0 Å². The monoisotopic (exact) mass is 711 g/mol. The average Bonchev–Trinajstić information content (AvgIpc) is 2.88. The van der Waals surface area contributed by atoms with Crippen molar-refractivity contribution in [3.63, 3.8) is 0 Å². The van der Waals surface area contributed by atoms with Crippen LogP contribution in [-0.4, -0.2) is 92.5 Å². The highest BCUT2D eigenvalue weighted by molar-refractivity contribution is 7.98. The van der Waals surface area contributed by atoms with Crippen molar-refractivity contribution in [3.8, 4) is 0 Å². The van der Waals surface area contributed by atoms with Gasteiger partial charge in [0.1, 0.15) is 0 Å². The summed E-state index contributed by atoms with van der Waals surface area (Å²) in [6, 6.07) is 0.597. The third-order valence-electron chi connectivity index (χ3n) is 10.7. The molecule has 2 unspecified atom stereocenters. The fourth-order valence-corrected chi connectivity index (χ4v) is 9.88. The van der Waals surface area contributed by atoms with Crippen molar-refractivity contribution in [1.82, 2.24) is 14.9 Å². The molecule has 3 aliphatic carbocycles. The molecule has 4 atom stereocenters. The first-order valence-electron chi connectivity index (χ1n) is 16.3. The van der Waals surface area contributed by atoms with Crippen molar-refractivity contribution in [1.29, 1.82) is 0 Å². The molecule has 45 heavy (non-hydrogen) atoms. The lowest BCUT2D eigenvalue weighted by Crippen LogP contribution is -2.53. The number of hydrogen-bond donors (Lipinski definition) is 2. The molecule has 1 saturated heterocycles. The number of likely N-dealkylation sites (tertiary alicyclic amines) is 1. The molecule has 0 amide bonds. The number of halogens is 2. The number of piperidine rings is 1. The van der Waals surface area contributed by atoms with E-state index in [4.69, 9.17) is 23.2 Å². The molecule has 0 aromatic heterocycles. The van der Waals surface area contributed by atoms with Crippen LogP contribution in [-0.2, 0) is 0 Å². The molecule has 4 rings (SSSR count). The Hall–Kier alpha value is 0.570. The van der Waals surface area contributed by atoms with Crippen LogP contribution in [0.5, 0.6) is 0 Å². The van der Waals surface area contributed by atoms with Gasteiger partial charge in [-0.15, -0.1) is 23.2 Å². The average molecular weight is 713 g/mol. The molecule has 0 spiro atoms. The summed E-state index contributed by atoms with van der Waals surface area (Å²) in [4.78, 5) is 2.80. The van der Waals surface area contributed by atoms with Crippen LogP contribution in [0.2, 0.25) is 0 Å². The topological polar surface area (TPSA) is 216 Å². The fraction of sp³-hybridized carbons (Fsp3) is 1.00. The Morgan fingerprint density at radius 3 is 1.82 bits per heavy atom. The van der Waals surface area contributed by atoms with Crippen LogP contribution in [0.15, 0.2) is 0 Å². The van der Waals surface area contributed by atoms with Crippen LogP contribution >= 0.6 is 35.1 Å². The summed E-state index contributed by atoms with van der Waals surface area (Å²) >= 11 is 14.7. The molecule has 12 heteroatoms. The van der Waals surface area contributed by atoms with E-state index in [-0.39, 0.29) is 40.3 Å². The van der Waals surface area contributed by atoms with Crippen molar-refractivity contribution >= 4 is 35.1 Å². The Kier molecular flexibility index (Phi) is 29.7. The van der Waals surface area contributed by atoms with Gasteiger partial charge in [0.05, 0.1) is 0 Å². The lowest BCUT2D eigenvalue weighted by Gasteiger charge is -2.49. The third kappa shape index (κ3) is 16.7.